The van der Waals surface area contributed by atoms with Crippen LogP contribution in [0.4, 0.5) is 18.0 Å². The zero-order chi connectivity index (χ0) is 17.8. The van der Waals surface area contributed by atoms with Gasteiger partial charge in [-0.2, -0.15) is 13.2 Å². The number of carbonyl (C=O) groups excluding carboxylic acids is 1. The van der Waals surface area contributed by atoms with Crippen LogP contribution in [0.15, 0.2) is 0 Å². The maximum atomic E-state index is 12.6. The van der Waals surface area contributed by atoms with E-state index in [0.717, 1.165) is 7.11 Å². The van der Waals surface area contributed by atoms with Crippen LogP contribution in [0, 0.1) is 0 Å². The highest BCUT2D eigenvalue weighted by Crippen LogP contribution is 2.25. The molecule has 0 aromatic heterocycles. The largest absolute Gasteiger partial charge is 0.453 e. The Kier molecular flexibility index (Phi) is 6.67. The number of nitrogens with zero attached hydrogens (tertiary/aromatic N) is 2. The zero-order valence-electron chi connectivity index (χ0n) is 13.9. The van der Waals surface area contributed by atoms with E-state index in [9.17, 15) is 23.1 Å². The Bertz CT molecular complexity index is 390. The number of halogens is 3. The third-order valence-corrected chi connectivity index (χ3v) is 3.47. The number of methoxy groups -OCH3 is 1. The number of aliphatic hydroxyl groups excluding tert-OH is 1. The summed E-state index contributed by atoms with van der Waals surface area (Å²) in [6.45, 7) is 4.70. The molecular weight excluding hydrogens is 317 g/mol. The Morgan fingerprint density at radius 1 is 1.30 bits per heavy atom. The minimum atomic E-state index is -4.49. The fraction of sp³-hybridized carbons (Fsp3) is 0.929. The topological polar surface area (TPSA) is 62.2 Å². The summed E-state index contributed by atoms with van der Waals surface area (Å²) in [6, 6.07) is -0.581. The molecule has 1 heterocycles. The van der Waals surface area contributed by atoms with Gasteiger partial charge in [0.05, 0.1) is 12.7 Å². The molecule has 1 fully saturated rings. The summed E-state index contributed by atoms with van der Waals surface area (Å²) in [6.07, 6.45) is -6.00. The Labute approximate surface area is 134 Å². The predicted molar refractivity (Wildman–Crippen MR) is 76.6 cm³/mol. The lowest BCUT2D eigenvalue weighted by molar-refractivity contribution is -0.244. The number of likely N-dealkylation sites (tertiary alicyclic amines) is 1. The first kappa shape index (κ1) is 20.0. The monoisotopic (exact) mass is 342 g/mol. The molecule has 0 saturated carbocycles. The number of rotatable bonds is 4. The van der Waals surface area contributed by atoms with Gasteiger partial charge in [-0.25, -0.2) is 4.79 Å². The van der Waals surface area contributed by atoms with Gasteiger partial charge in [0.25, 0.3) is 0 Å². The normalized spacial score (nSPS) is 19.5. The summed E-state index contributed by atoms with van der Waals surface area (Å²) in [5.41, 5.74) is -0.537. The summed E-state index contributed by atoms with van der Waals surface area (Å²) in [5.74, 6) is 0. The molecule has 1 rings (SSSR count). The van der Waals surface area contributed by atoms with Gasteiger partial charge >= 0.3 is 12.3 Å². The highest BCUT2D eigenvalue weighted by Gasteiger charge is 2.39. The van der Waals surface area contributed by atoms with E-state index >= 15 is 0 Å². The van der Waals surface area contributed by atoms with Crippen molar-refractivity contribution in [2.45, 2.75) is 57.8 Å². The molecule has 0 aromatic rings. The lowest BCUT2D eigenvalue weighted by atomic mass is 10.0. The van der Waals surface area contributed by atoms with Crippen molar-refractivity contribution in [1.29, 1.82) is 0 Å². The van der Waals surface area contributed by atoms with Crippen molar-refractivity contribution in [2.24, 2.45) is 0 Å². The van der Waals surface area contributed by atoms with E-state index in [-0.39, 0.29) is 0 Å². The number of alkyl halides is 3. The van der Waals surface area contributed by atoms with Gasteiger partial charge in [0.2, 0.25) is 6.41 Å². The van der Waals surface area contributed by atoms with Crippen molar-refractivity contribution in [1.82, 2.24) is 9.80 Å². The lowest BCUT2D eigenvalue weighted by Crippen LogP contribution is -2.53. The van der Waals surface area contributed by atoms with Gasteiger partial charge in [0.15, 0.2) is 0 Å². The van der Waals surface area contributed by atoms with E-state index < -0.39 is 36.9 Å². The van der Waals surface area contributed by atoms with Crippen LogP contribution in [0.1, 0.15) is 33.6 Å². The predicted octanol–water partition coefficient (Wildman–Crippen LogP) is 2.17. The van der Waals surface area contributed by atoms with E-state index in [1.807, 2.05) is 0 Å². The first-order chi connectivity index (χ1) is 10.4. The van der Waals surface area contributed by atoms with E-state index in [4.69, 9.17) is 4.74 Å². The number of ether oxygens (including phenoxy) is 2. The van der Waals surface area contributed by atoms with Gasteiger partial charge in [-0.3, -0.25) is 9.80 Å². The van der Waals surface area contributed by atoms with Crippen LogP contribution in [0.25, 0.3) is 0 Å². The van der Waals surface area contributed by atoms with Crippen LogP contribution in [-0.2, 0) is 9.47 Å². The Morgan fingerprint density at radius 2 is 1.83 bits per heavy atom. The molecule has 0 bridgehead atoms. The lowest BCUT2D eigenvalue weighted by Gasteiger charge is -2.40. The molecule has 1 saturated heterocycles. The smallest absolute Gasteiger partial charge is 0.410 e. The first-order valence-corrected chi connectivity index (χ1v) is 7.44. The second-order valence-electron chi connectivity index (χ2n) is 6.54. The number of hydrogen-bond donors (Lipinski definition) is 1. The third-order valence-electron chi connectivity index (χ3n) is 3.47. The molecule has 0 aliphatic carbocycles. The summed E-state index contributed by atoms with van der Waals surface area (Å²) in [5, 5.41) is 9.99. The molecule has 0 aromatic carbocycles. The maximum Gasteiger partial charge on any atom is 0.410 e. The van der Waals surface area contributed by atoms with Crippen LogP contribution in [0.3, 0.4) is 0 Å². The van der Waals surface area contributed by atoms with Gasteiger partial charge in [-0.05, 0) is 33.6 Å². The molecular formula is C14H25F3N2O4. The van der Waals surface area contributed by atoms with Gasteiger partial charge in [0.1, 0.15) is 6.54 Å². The second kappa shape index (κ2) is 7.67. The molecule has 0 spiro atoms. The van der Waals surface area contributed by atoms with Crippen molar-refractivity contribution >= 4 is 6.09 Å². The SMILES string of the molecule is COC(=O)N(CC(F)(F)F)C1CCN(C(O)OC(C)(C)C)CC1. The van der Waals surface area contributed by atoms with Crippen molar-refractivity contribution in [2.75, 3.05) is 26.7 Å². The van der Waals surface area contributed by atoms with Gasteiger partial charge in [-0.1, -0.05) is 0 Å². The fourth-order valence-electron chi connectivity index (χ4n) is 2.46. The molecule has 1 aliphatic rings. The number of piperidine rings is 1. The van der Waals surface area contributed by atoms with Crippen LogP contribution in [0.2, 0.25) is 0 Å². The molecule has 1 unspecified atom stereocenters. The Balaban J connectivity index is 2.62. The zero-order valence-corrected chi connectivity index (χ0v) is 13.9. The van der Waals surface area contributed by atoms with Crippen LogP contribution < -0.4 is 0 Å². The van der Waals surface area contributed by atoms with Crippen LogP contribution >= 0.6 is 0 Å². The molecule has 1 atom stereocenters. The third kappa shape index (κ3) is 6.92. The van der Waals surface area contributed by atoms with Gasteiger partial charge < -0.3 is 14.6 Å². The van der Waals surface area contributed by atoms with Crippen molar-refractivity contribution in [3.63, 3.8) is 0 Å². The molecule has 9 heteroatoms. The average molecular weight is 342 g/mol. The van der Waals surface area contributed by atoms with Crippen LogP contribution in [-0.4, -0.2) is 72.0 Å². The summed E-state index contributed by atoms with van der Waals surface area (Å²) >= 11 is 0. The number of carbonyl (C=O) groups is 1. The highest BCUT2D eigenvalue weighted by atomic mass is 19.4. The summed E-state index contributed by atoms with van der Waals surface area (Å²) < 4.78 is 47.8. The van der Waals surface area contributed by atoms with Crippen molar-refractivity contribution < 1.29 is 32.5 Å². The van der Waals surface area contributed by atoms with E-state index in [0.29, 0.717) is 30.8 Å². The quantitative estimate of drug-likeness (QED) is 0.794. The summed E-state index contributed by atoms with van der Waals surface area (Å²) in [7, 11) is 1.06. The van der Waals surface area contributed by atoms with E-state index in [1.54, 1.807) is 25.7 Å². The second-order valence-corrected chi connectivity index (χ2v) is 6.54. The molecule has 23 heavy (non-hydrogen) atoms. The molecule has 1 aliphatic heterocycles. The molecule has 1 amide bonds. The average Bonchev–Trinajstić information content (AvgIpc) is 2.41. The van der Waals surface area contributed by atoms with Gasteiger partial charge in [0, 0.05) is 19.1 Å². The van der Waals surface area contributed by atoms with Crippen LogP contribution in [0.5, 0.6) is 0 Å². The number of amides is 1. The molecule has 1 N–H and O–H groups in total. The first-order valence-electron chi connectivity index (χ1n) is 7.44. The van der Waals surface area contributed by atoms with E-state index in [2.05, 4.69) is 4.74 Å². The van der Waals surface area contributed by atoms with Crippen molar-refractivity contribution in [3.05, 3.63) is 0 Å². The Morgan fingerprint density at radius 3 is 2.22 bits per heavy atom. The number of aliphatic hydroxyl groups is 1. The minimum absolute atomic E-state index is 0.301. The minimum Gasteiger partial charge on any atom is -0.453 e. The number of hydrogen-bond acceptors (Lipinski definition) is 5. The standard InChI is InChI=1S/C14H25F3N2O4/c1-13(2,3)23-11(20)18-7-5-10(6-8-18)19(12(21)22-4)9-14(15,16)17/h10-11,20H,5-9H2,1-4H3. The highest BCUT2D eigenvalue weighted by molar-refractivity contribution is 5.67. The molecule has 0 radical (unpaired) electrons. The van der Waals surface area contributed by atoms with Crippen molar-refractivity contribution in [3.8, 4) is 0 Å². The molecule has 6 nitrogen and oxygen atoms in total. The molecule has 136 valence electrons. The van der Waals surface area contributed by atoms with E-state index in [1.165, 1.54) is 0 Å². The maximum absolute atomic E-state index is 12.6. The van der Waals surface area contributed by atoms with Gasteiger partial charge in [-0.15, -0.1) is 0 Å². The summed E-state index contributed by atoms with van der Waals surface area (Å²) in [4.78, 5) is 13.9. The Hall–Kier alpha value is -1.06. The fourth-order valence-corrected chi connectivity index (χ4v) is 2.46.